The highest BCUT2D eigenvalue weighted by Gasteiger charge is 2.21. The van der Waals surface area contributed by atoms with Gasteiger partial charge in [0.25, 0.3) is 0 Å². The molecule has 1 atom stereocenters. The van der Waals surface area contributed by atoms with Gasteiger partial charge in [0.1, 0.15) is 0 Å². The fraction of sp³-hybridized carbons (Fsp3) is 0.455. The van der Waals surface area contributed by atoms with Gasteiger partial charge < -0.3 is 15.7 Å². The number of nitrogen functional groups attached to an aromatic ring is 1. The fourth-order valence-electron chi connectivity index (χ4n) is 2.07. The van der Waals surface area contributed by atoms with Gasteiger partial charge in [-0.1, -0.05) is 12.1 Å². The lowest BCUT2D eigenvalue weighted by Gasteiger charge is -2.22. The predicted molar refractivity (Wildman–Crippen MR) is 58.5 cm³/mol. The van der Waals surface area contributed by atoms with Crippen LogP contribution in [0.1, 0.15) is 12.5 Å². The Bertz CT molecular complexity index is 336. The number of aliphatic hydroxyl groups is 1. The molecule has 0 fully saturated rings. The Labute approximate surface area is 84.1 Å². The summed E-state index contributed by atoms with van der Waals surface area (Å²) in [7, 11) is 0. The van der Waals surface area contributed by atoms with Gasteiger partial charge in [0.15, 0.2) is 0 Å². The number of hydrogen-bond donors (Lipinski definition) is 2. The van der Waals surface area contributed by atoms with Gasteiger partial charge in [-0.3, -0.25) is 0 Å². The van der Waals surface area contributed by atoms with Crippen molar-refractivity contribution in [2.75, 3.05) is 23.7 Å². The third-order valence-electron chi connectivity index (χ3n) is 2.60. The van der Waals surface area contributed by atoms with Gasteiger partial charge in [-0.2, -0.15) is 0 Å². The number of rotatable bonds is 2. The second-order valence-electron chi connectivity index (χ2n) is 3.90. The first kappa shape index (κ1) is 9.34. The normalized spacial score (nSPS) is 16.9. The van der Waals surface area contributed by atoms with Crippen LogP contribution in [-0.2, 0) is 6.42 Å². The molecule has 1 heterocycles. The van der Waals surface area contributed by atoms with Crippen LogP contribution in [0.2, 0.25) is 0 Å². The lowest BCUT2D eigenvalue weighted by molar-refractivity contribution is 0.200. The molecule has 0 saturated heterocycles. The van der Waals surface area contributed by atoms with E-state index >= 15 is 0 Å². The molecule has 0 aromatic heterocycles. The molecule has 0 aliphatic carbocycles. The summed E-state index contributed by atoms with van der Waals surface area (Å²) < 4.78 is 0. The summed E-state index contributed by atoms with van der Waals surface area (Å²) in [6.07, 6.45) is 0.730. The van der Waals surface area contributed by atoms with E-state index in [4.69, 9.17) is 5.73 Å². The van der Waals surface area contributed by atoms with Gasteiger partial charge in [0.2, 0.25) is 0 Å². The minimum Gasteiger partial charge on any atom is -0.397 e. The molecule has 3 nitrogen and oxygen atoms in total. The van der Waals surface area contributed by atoms with Crippen LogP contribution in [0.4, 0.5) is 11.4 Å². The van der Waals surface area contributed by atoms with Crippen LogP contribution >= 0.6 is 0 Å². The largest absolute Gasteiger partial charge is 0.397 e. The number of para-hydroxylation sites is 1. The van der Waals surface area contributed by atoms with Gasteiger partial charge in [-0.05, 0) is 25.0 Å². The van der Waals surface area contributed by atoms with E-state index in [-0.39, 0.29) is 6.10 Å². The van der Waals surface area contributed by atoms with Gasteiger partial charge in [-0.25, -0.2) is 0 Å². The van der Waals surface area contributed by atoms with E-state index in [9.17, 15) is 5.11 Å². The highest BCUT2D eigenvalue weighted by molar-refractivity contribution is 5.74. The molecule has 0 unspecified atom stereocenters. The zero-order chi connectivity index (χ0) is 10.1. The summed E-state index contributed by atoms with van der Waals surface area (Å²) in [5.41, 5.74) is 9.15. The molecule has 1 aromatic rings. The lowest BCUT2D eigenvalue weighted by atomic mass is 10.1. The number of benzene rings is 1. The molecule has 0 bridgehead atoms. The van der Waals surface area contributed by atoms with E-state index in [0.717, 1.165) is 24.3 Å². The first-order valence-electron chi connectivity index (χ1n) is 4.99. The summed E-state index contributed by atoms with van der Waals surface area (Å²) in [6.45, 7) is 3.44. The predicted octanol–water partition coefficient (Wildman–Crippen LogP) is 1.01. The summed E-state index contributed by atoms with van der Waals surface area (Å²) in [4.78, 5) is 2.16. The Morgan fingerprint density at radius 3 is 3.07 bits per heavy atom. The van der Waals surface area contributed by atoms with Crippen molar-refractivity contribution in [3.8, 4) is 0 Å². The third kappa shape index (κ3) is 1.55. The summed E-state index contributed by atoms with van der Waals surface area (Å²) in [5.74, 6) is 0. The van der Waals surface area contributed by atoms with Crippen molar-refractivity contribution in [2.24, 2.45) is 0 Å². The first-order chi connectivity index (χ1) is 6.68. The monoisotopic (exact) mass is 192 g/mol. The maximum Gasteiger partial charge on any atom is 0.0687 e. The van der Waals surface area contributed by atoms with Gasteiger partial charge in [0, 0.05) is 13.1 Å². The van der Waals surface area contributed by atoms with Crippen molar-refractivity contribution in [1.82, 2.24) is 0 Å². The number of nitrogens with two attached hydrogens (primary N) is 1. The van der Waals surface area contributed by atoms with Crippen LogP contribution in [0.3, 0.4) is 0 Å². The molecule has 3 heteroatoms. The quantitative estimate of drug-likeness (QED) is 0.688. The van der Waals surface area contributed by atoms with Crippen molar-refractivity contribution in [3.05, 3.63) is 23.8 Å². The number of aliphatic hydroxyl groups excluding tert-OH is 1. The van der Waals surface area contributed by atoms with E-state index < -0.39 is 0 Å². The van der Waals surface area contributed by atoms with Crippen molar-refractivity contribution < 1.29 is 5.11 Å². The third-order valence-corrected chi connectivity index (χ3v) is 2.60. The maximum absolute atomic E-state index is 9.35. The van der Waals surface area contributed by atoms with E-state index in [1.807, 2.05) is 12.1 Å². The standard InChI is InChI=1S/C11H16N2O/c1-8(14)7-13-6-5-9-3-2-4-10(12)11(9)13/h2-4,8,14H,5-7,12H2,1H3/t8-/m0/s1. The fourth-order valence-corrected chi connectivity index (χ4v) is 2.07. The molecule has 0 saturated carbocycles. The molecular formula is C11H16N2O. The Kier molecular flexibility index (Phi) is 2.33. The van der Waals surface area contributed by atoms with Crippen LogP contribution in [0.25, 0.3) is 0 Å². The van der Waals surface area contributed by atoms with Crippen LogP contribution in [0.5, 0.6) is 0 Å². The molecule has 1 aromatic carbocycles. The Morgan fingerprint density at radius 1 is 1.57 bits per heavy atom. The van der Waals surface area contributed by atoms with Crippen LogP contribution in [0, 0.1) is 0 Å². The highest BCUT2D eigenvalue weighted by Crippen LogP contribution is 2.33. The minimum absolute atomic E-state index is 0.305. The highest BCUT2D eigenvalue weighted by atomic mass is 16.3. The van der Waals surface area contributed by atoms with Gasteiger partial charge in [-0.15, -0.1) is 0 Å². The molecule has 1 aliphatic rings. The smallest absolute Gasteiger partial charge is 0.0687 e. The number of hydrogen-bond acceptors (Lipinski definition) is 3. The number of fused-ring (bicyclic) bond motifs is 1. The van der Waals surface area contributed by atoms with Crippen molar-refractivity contribution in [2.45, 2.75) is 19.4 Å². The Balaban J connectivity index is 2.29. The molecule has 0 spiro atoms. The summed E-state index contributed by atoms with van der Waals surface area (Å²) >= 11 is 0. The van der Waals surface area contributed by atoms with Gasteiger partial charge in [0.05, 0.1) is 17.5 Å². The molecule has 14 heavy (non-hydrogen) atoms. The Morgan fingerprint density at radius 2 is 2.36 bits per heavy atom. The number of anilines is 2. The first-order valence-corrected chi connectivity index (χ1v) is 4.99. The lowest BCUT2D eigenvalue weighted by Crippen LogP contribution is -2.29. The van der Waals surface area contributed by atoms with Crippen molar-refractivity contribution in [1.29, 1.82) is 0 Å². The van der Waals surface area contributed by atoms with E-state index in [1.165, 1.54) is 5.56 Å². The summed E-state index contributed by atoms with van der Waals surface area (Å²) in [5, 5.41) is 9.35. The Hall–Kier alpha value is -1.22. The maximum atomic E-state index is 9.35. The van der Waals surface area contributed by atoms with Crippen molar-refractivity contribution >= 4 is 11.4 Å². The van der Waals surface area contributed by atoms with Crippen LogP contribution < -0.4 is 10.6 Å². The molecule has 1 aliphatic heterocycles. The summed E-state index contributed by atoms with van der Waals surface area (Å²) in [6, 6.07) is 6.01. The zero-order valence-electron chi connectivity index (χ0n) is 8.40. The van der Waals surface area contributed by atoms with E-state index in [1.54, 1.807) is 6.92 Å². The van der Waals surface area contributed by atoms with Crippen molar-refractivity contribution in [3.63, 3.8) is 0 Å². The van der Waals surface area contributed by atoms with Gasteiger partial charge >= 0.3 is 0 Å². The average Bonchev–Trinajstić information content (AvgIpc) is 2.49. The van der Waals surface area contributed by atoms with Crippen LogP contribution in [0.15, 0.2) is 18.2 Å². The number of nitrogens with zero attached hydrogens (tertiary/aromatic N) is 1. The number of β-amino-alcohol motifs (C(OH)–C–C–N with tert-alkyl or cyclic N) is 1. The molecular weight excluding hydrogens is 176 g/mol. The average molecular weight is 192 g/mol. The molecule has 0 radical (unpaired) electrons. The van der Waals surface area contributed by atoms with E-state index in [0.29, 0.717) is 6.54 Å². The topological polar surface area (TPSA) is 49.5 Å². The zero-order valence-corrected chi connectivity index (χ0v) is 8.40. The molecule has 2 rings (SSSR count). The SMILES string of the molecule is C[C@H](O)CN1CCc2cccc(N)c21. The second-order valence-corrected chi connectivity index (χ2v) is 3.90. The van der Waals surface area contributed by atoms with E-state index in [2.05, 4.69) is 11.0 Å². The molecule has 0 amide bonds. The molecule has 3 N–H and O–H groups in total. The second kappa shape index (κ2) is 3.50. The van der Waals surface area contributed by atoms with Crippen LogP contribution in [-0.4, -0.2) is 24.3 Å². The minimum atomic E-state index is -0.305. The molecule has 76 valence electrons.